The van der Waals surface area contributed by atoms with Crippen molar-refractivity contribution in [2.24, 2.45) is 0 Å². The Morgan fingerprint density at radius 3 is 2.41 bits per heavy atom. The summed E-state index contributed by atoms with van der Waals surface area (Å²) in [5, 5.41) is 0.222. The van der Waals surface area contributed by atoms with E-state index in [4.69, 9.17) is 16.3 Å². The van der Waals surface area contributed by atoms with Crippen LogP contribution in [0.1, 0.15) is 56.9 Å². The largest absolute Gasteiger partial charge is 0.490 e. The van der Waals surface area contributed by atoms with Gasteiger partial charge in [0, 0.05) is 49.9 Å². The summed E-state index contributed by atoms with van der Waals surface area (Å²) in [6.45, 7) is 2.18. The third-order valence-electron chi connectivity index (χ3n) is 7.89. The van der Waals surface area contributed by atoms with Gasteiger partial charge in [0.15, 0.2) is 0 Å². The molecular formula is C26H34ClN3O5S2. The summed E-state index contributed by atoms with van der Waals surface area (Å²) in [6.07, 6.45) is 8.88. The number of piperidine rings is 1. The standard InChI is InChI=1S/C26H34ClN3O5S2/c1-19-5-2-8-25(27)26(19)37(33,34)29-15-3-6-20(29)7-4-16-36(31,32)30-21-9-10-22(30)18-24(17-21)35-23-11-13-28-14-12-23/h2,5,8,11-14,20-22,24H,3-4,6-7,9-10,15-18H2,1H3/t20?,21-,22+,24?. The maximum absolute atomic E-state index is 13.4. The van der Waals surface area contributed by atoms with E-state index in [2.05, 4.69) is 4.98 Å². The molecule has 3 aliphatic heterocycles. The predicted octanol–water partition coefficient (Wildman–Crippen LogP) is 4.38. The lowest BCUT2D eigenvalue weighted by Gasteiger charge is -2.38. The first kappa shape index (κ1) is 26.9. The number of hydrogen-bond acceptors (Lipinski definition) is 6. The highest BCUT2D eigenvalue weighted by Crippen LogP contribution is 2.40. The molecular weight excluding hydrogens is 534 g/mol. The van der Waals surface area contributed by atoms with Gasteiger partial charge in [-0.05, 0) is 69.2 Å². The summed E-state index contributed by atoms with van der Waals surface area (Å²) in [4.78, 5) is 4.17. The van der Waals surface area contributed by atoms with Crippen LogP contribution in [0.15, 0.2) is 47.6 Å². The lowest BCUT2D eigenvalue weighted by molar-refractivity contribution is 0.0956. The molecule has 1 aromatic heterocycles. The summed E-state index contributed by atoms with van der Waals surface area (Å²) in [6, 6.07) is 8.44. The third-order valence-corrected chi connectivity index (χ3v) is 12.5. The molecule has 37 heavy (non-hydrogen) atoms. The molecule has 11 heteroatoms. The SMILES string of the molecule is Cc1cccc(Cl)c1S(=O)(=O)N1CCCC1CCCS(=O)(=O)N1[C@@H]2CC[C@H]1CC(Oc1ccncc1)C2. The van der Waals surface area contributed by atoms with Gasteiger partial charge >= 0.3 is 0 Å². The molecule has 0 spiro atoms. The number of benzene rings is 1. The number of nitrogens with zero attached hydrogens (tertiary/aromatic N) is 3. The Kier molecular flexibility index (Phi) is 7.85. The monoisotopic (exact) mass is 567 g/mol. The van der Waals surface area contributed by atoms with Crippen molar-refractivity contribution >= 4 is 31.6 Å². The number of fused-ring (bicyclic) bond motifs is 2. The minimum Gasteiger partial charge on any atom is -0.490 e. The van der Waals surface area contributed by atoms with E-state index in [-0.39, 0.29) is 39.9 Å². The van der Waals surface area contributed by atoms with E-state index < -0.39 is 20.0 Å². The fourth-order valence-corrected chi connectivity index (χ4v) is 10.9. The molecule has 2 bridgehead atoms. The highest BCUT2D eigenvalue weighted by Gasteiger charge is 2.47. The first-order valence-electron chi connectivity index (χ1n) is 13.0. The van der Waals surface area contributed by atoms with E-state index >= 15 is 0 Å². The Bertz CT molecular complexity index is 1290. The zero-order chi connectivity index (χ0) is 26.2. The van der Waals surface area contributed by atoms with E-state index in [1.807, 2.05) is 12.1 Å². The van der Waals surface area contributed by atoms with Crippen LogP contribution in [0.2, 0.25) is 5.02 Å². The number of halogens is 1. The van der Waals surface area contributed by atoms with Crippen molar-refractivity contribution < 1.29 is 21.6 Å². The molecule has 5 rings (SSSR count). The molecule has 0 N–H and O–H groups in total. The van der Waals surface area contributed by atoms with Crippen molar-refractivity contribution in [1.82, 2.24) is 13.6 Å². The molecule has 8 nitrogen and oxygen atoms in total. The van der Waals surface area contributed by atoms with E-state index in [1.165, 1.54) is 4.31 Å². The van der Waals surface area contributed by atoms with Crippen molar-refractivity contribution in [2.45, 2.75) is 87.4 Å². The van der Waals surface area contributed by atoms with Crippen LogP contribution in [-0.4, -0.2) is 67.0 Å². The molecule has 3 fully saturated rings. The van der Waals surface area contributed by atoms with E-state index in [9.17, 15) is 16.8 Å². The van der Waals surface area contributed by atoms with Crippen LogP contribution in [0, 0.1) is 6.92 Å². The second-order valence-electron chi connectivity index (χ2n) is 10.4. The predicted molar refractivity (Wildman–Crippen MR) is 143 cm³/mol. The van der Waals surface area contributed by atoms with Gasteiger partial charge in [0.2, 0.25) is 20.0 Å². The Morgan fingerprint density at radius 1 is 1.03 bits per heavy atom. The third kappa shape index (κ3) is 5.54. The van der Waals surface area contributed by atoms with Gasteiger partial charge in [-0.25, -0.2) is 16.8 Å². The highest BCUT2D eigenvalue weighted by molar-refractivity contribution is 7.89. The Hall–Kier alpha value is -1.72. The zero-order valence-corrected chi connectivity index (χ0v) is 23.4. The van der Waals surface area contributed by atoms with Crippen LogP contribution in [0.25, 0.3) is 0 Å². The van der Waals surface area contributed by atoms with Gasteiger partial charge in [0.05, 0.1) is 10.8 Å². The molecule has 3 saturated heterocycles. The summed E-state index contributed by atoms with van der Waals surface area (Å²) < 4.78 is 63.1. The average Bonchev–Trinajstić information content (AvgIpc) is 3.43. The van der Waals surface area contributed by atoms with Gasteiger partial charge in [0.25, 0.3) is 0 Å². The van der Waals surface area contributed by atoms with Gasteiger partial charge in [0.1, 0.15) is 16.7 Å². The van der Waals surface area contributed by atoms with Crippen molar-refractivity contribution in [2.75, 3.05) is 12.3 Å². The van der Waals surface area contributed by atoms with Gasteiger partial charge < -0.3 is 4.74 Å². The number of aromatic nitrogens is 1. The summed E-state index contributed by atoms with van der Waals surface area (Å²) in [7, 11) is -7.20. The molecule has 202 valence electrons. The van der Waals surface area contributed by atoms with Gasteiger partial charge in [-0.3, -0.25) is 4.98 Å². The minimum absolute atomic E-state index is 0.00290. The van der Waals surface area contributed by atoms with Crippen LogP contribution in [0.5, 0.6) is 5.75 Å². The maximum atomic E-state index is 13.4. The summed E-state index contributed by atoms with van der Waals surface area (Å²) in [5.41, 5.74) is 0.618. The van der Waals surface area contributed by atoms with Crippen LogP contribution in [0.3, 0.4) is 0 Å². The second kappa shape index (κ2) is 10.8. The fraction of sp³-hybridized carbons (Fsp3) is 0.577. The zero-order valence-electron chi connectivity index (χ0n) is 21.0. The smallest absolute Gasteiger partial charge is 0.245 e. The number of rotatable bonds is 9. The number of ether oxygens (including phenoxy) is 1. The molecule has 2 unspecified atom stereocenters. The Labute approximate surface area is 225 Å². The fourth-order valence-electron chi connectivity index (χ4n) is 6.33. The van der Waals surface area contributed by atoms with Gasteiger partial charge in [-0.15, -0.1) is 0 Å². The van der Waals surface area contributed by atoms with Gasteiger partial charge in [-0.1, -0.05) is 23.7 Å². The van der Waals surface area contributed by atoms with E-state index in [1.54, 1.807) is 41.8 Å². The molecule has 0 amide bonds. The number of sulfonamides is 2. The Morgan fingerprint density at radius 2 is 1.73 bits per heavy atom. The molecule has 4 heterocycles. The second-order valence-corrected chi connectivity index (χ2v) is 14.6. The van der Waals surface area contributed by atoms with Crippen LogP contribution >= 0.6 is 11.6 Å². The highest BCUT2D eigenvalue weighted by atomic mass is 35.5. The molecule has 3 aliphatic rings. The van der Waals surface area contributed by atoms with Crippen LogP contribution in [0.4, 0.5) is 0 Å². The first-order valence-corrected chi connectivity index (χ1v) is 16.4. The lowest BCUT2D eigenvalue weighted by Crippen LogP contribution is -2.50. The van der Waals surface area contributed by atoms with Crippen LogP contribution < -0.4 is 4.74 Å². The van der Waals surface area contributed by atoms with Crippen molar-refractivity contribution in [3.63, 3.8) is 0 Å². The topological polar surface area (TPSA) is 96.9 Å². The lowest BCUT2D eigenvalue weighted by atomic mass is 10.0. The van der Waals surface area contributed by atoms with Crippen molar-refractivity contribution in [1.29, 1.82) is 0 Å². The molecule has 0 saturated carbocycles. The minimum atomic E-state index is -3.75. The number of pyridine rings is 1. The molecule has 0 radical (unpaired) electrons. The molecule has 0 aliphatic carbocycles. The van der Waals surface area contributed by atoms with E-state index in [0.717, 1.165) is 31.4 Å². The average molecular weight is 568 g/mol. The first-order chi connectivity index (χ1) is 17.7. The summed E-state index contributed by atoms with van der Waals surface area (Å²) in [5.74, 6) is 0.796. The number of aryl methyl sites for hydroxylation is 1. The number of hydrogen-bond donors (Lipinski definition) is 0. The van der Waals surface area contributed by atoms with E-state index in [0.29, 0.717) is 37.8 Å². The normalized spacial score (nSPS) is 27.0. The molecule has 1 aromatic carbocycles. The molecule has 2 aromatic rings. The van der Waals surface area contributed by atoms with Crippen molar-refractivity contribution in [3.8, 4) is 5.75 Å². The van der Waals surface area contributed by atoms with Gasteiger partial charge in [-0.2, -0.15) is 8.61 Å². The Balaban J connectivity index is 1.20. The quantitative estimate of drug-likeness (QED) is 0.446. The van der Waals surface area contributed by atoms with Crippen molar-refractivity contribution in [3.05, 3.63) is 53.3 Å². The van der Waals surface area contributed by atoms with Crippen LogP contribution in [-0.2, 0) is 20.0 Å². The summed E-state index contributed by atoms with van der Waals surface area (Å²) >= 11 is 6.28. The molecule has 4 atom stereocenters. The maximum Gasteiger partial charge on any atom is 0.245 e.